The van der Waals surface area contributed by atoms with E-state index in [-0.39, 0.29) is 17.4 Å². The fourth-order valence-electron chi connectivity index (χ4n) is 3.99. The van der Waals surface area contributed by atoms with Crippen molar-refractivity contribution in [2.75, 3.05) is 6.54 Å². The predicted octanol–water partition coefficient (Wildman–Crippen LogP) is 5.13. The molecule has 5 nitrogen and oxygen atoms in total. The summed E-state index contributed by atoms with van der Waals surface area (Å²) in [5.74, 6) is 1.23. The molecule has 32 heavy (non-hydrogen) atoms. The molecule has 2 amide bonds. The SMILES string of the molecule is CC(C)(C)NC(=O)C1c2ccccc2C(=O)N1CCc1ccccc1Oc1ccccc1. The van der Waals surface area contributed by atoms with Crippen LogP contribution in [0.2, 0.25) is 0 Å². The molecule has 4 rings (SSSR count). The Bertz CT molecular complexity index is 1120. The first-order valence-corrected chi connectivity index (χ1v) is 10.9. The molecule has 0 aliphatic carbocycles. The van der Waals surface area contributed by atoms with Crippen LogP contribution in [0, 0.1) is 0 Å². The number of carbonyl (C=O) groups is 2. The summed E-state index contributed by atoms with van der Waals surface area (Å²) < 4.78 is 6.07. The van der Waals surface area contributed by atoms with Gasteiger partial charge < -0.3 is 15.0 Å². The molecule has 0 bridgehead atoms. The minimum atomic E-state index is -0.639. The average Bonchev–Trinajstić information content (AvgIpc) is 3.05. The normalized spacial score (nSPS) is 15.4. The van der Waals surface area contributed by atoms with Crippen molar-refractivity contribution in [3.63, 3.8) is 0 Å². The van der Waals surface area contributed by atoms with Gasteiger partial charge in [0.15, 0.2) is 0 Å². The van der Waals surface area contributed by atoms with Crippen LogP contribution >= 0.6 is 0 Å². The van der Waals surface area contributed by atoms with Gasteiger partial charge >= 0.3 is 0 Å². The van der Waals surface area contributed by atoms with E-state index in [0.29, 0.717) is 18.5 Å². The van der Waals surface area contributed by atoms with E-state index in [4.69, 9.17) is 4.74 Å². The van der Waals surface area contributed by atoms with Gasteiger partial charge in [0.1, 0.15) is 17.5 Å². The minimum absolute atomic E-state index is 0.115. The zero-order chi connectivity index (χ0) is 22.7. The molecule has 1 aliphatic heterocycles. The van der Waals surface area contributed by atoms with Crippen molar-refractivity contribution in [2.45, 2.75) is 38.8 Å². The van der Waals surface area contributed by atoms with Gasteiger partial charge in [-0.1, -0.05) is 54.6 Å². The molecular weight excluding hydrogens is 400 g/mol. The van der Waals surface area contributed by atoms with Crippen LogP contribution in [-0.2, 0) is 11.2 Å². The third-order valence-electron chi connectivity index (χ3n) is 5.37. The summed E-state index contributed by atoms with van der Waals surface area (Å²) in [7, 11) is 0. The maximum absolute atomic E-state index is 13.2. The molecule has 164 valence electrons. The first kappa shape index (κ1) is 21.6. The topological polar surface area (TPSA) is 58.6 Å². The molecule has 1 aliphatic rings. The van der Waals surface area contributed by atoms with E-state index in [1.807, 2.05) is 93.6 Å². The summed E-state index contributed by atoms with van der Waals surface area (Å²) in [6.45, 7) is 6.23. The van der Waals surface area contributed by atoms with Crippen molar-refractivity contribution in [3.8, 4) is 11.5 Å². The fourth-order valence-corrected chi connectivity index (χ4v) is 3.99. The quantitative estimate of drug-likeness (QED) is 0.592. The number of amides is 2. The van der Waals surface area contributed by atoms with Gasteiger partial charge in [-0.3, -0.25) is 9.59 Å². The Morgan fingerprint density at radius 3 is 2.34 bits per heavy atom. The highest BCUT2D eigenvalue weighted by atomic mass is 16.5. The van der Waals surface area contributed by atoms with Crippen molar-refractivity contribution in [1.29, 1.82) is 0 Å². The minimum Gasteiger partial charge on any atom is -0.457 e. The highest BCUT2D eigenvalue weighted by molar-refractivity contribution is 6.04. The van der Waals surface area contributed by atoms with Gasteiger partial charge in [0, 0.05) is 17.6 Å². The van der Waals surface area contributed by atoms with E-state index in [0.717, 1.165) is 22.6 Å². The van der Waals surface area contributed by atoms with E-state index in [1.54, 1.807) is 11.0 Å². The second-order valence-electron chi connectivity index (χ2n) is 9.00. The molecular formula is C27H28N2O3. The lowest BCUT2D eigenvalue weighted by atomic mass is 10.0. The molecule has 0 spiro atoms. The maximum Gasteiger partial charge on any atom is 0.255 e. The van der Waals surface area contributed by atoms with Gasteiger partial charge in [0.05, 0.1) is 0 Å². The summed E-state index contributed by atoms with van der Waals surface area (Å²) >= 11 is 0. The number of nitrogens with zero attached hydrogens (tertiary/aromatic N) is 1. The lowest BCUT2D eigenvalue weighted by molar-refractivity contribution is -0.127. The van der Waals surface area contributed by atoms with Crippen LogP contribution in [0.5, 0.6) is 11.5 Å². The number of rotatable bonds is 6. The van der Waals surface area contributed by atoms with Crippen molar-refractivity contribution >= 4 is 11.8 Å². The third-order valence-corrected chi connectivity index (χ3v) is 5.37. The van der Waals surface area contributed by atoms with Crippen LogP contribution < -0.4 is 10.1 Å². The van der Waals surface area contributed by atoms with Crippen LogP contribution in [0.1, 0.15) is 48.3 Å². The molecule has 0 aromatic heterocycles. The molecule has 1 heterocycles. The van der Waals surface area contributed by atoms with E-state index in [2.05, 4.69) is 5.32 Å². The Kier molecular flexibility index (Phi) is 5.99. The Balaban J connectivity index is 1.57. The van der Waals surface area contributed by atoms with Crippen LogP contribution in [0.15, 0.2) is 78.9 Å². The number of carbonyl (C=O) groups excluding carboxylic acids is 2. The number of hydrogen-bond donors (Lipinski definition) is 1. The predicted molar refractivity (Wildman–Crippen MR) is 125 cm³/mol. The molecule has 1 N–H and O–H groups in total. The van der Waals surface area contributed by atoms with Crippen molar-refractivity contribution < 1.29 is 14.3 Å². The number of ether oxygens (including phenoxy) is 1. The van der Waals surface area contributed by atoms with Crippen molar-refractivity contribution in [1.82, 2.24) is 10.2 Å². The highest BCUT2D eigenvalue weighted by Gasteiger charge is 2.41. The maximum atomic E-state index is 13.2. The van der Waals surface area contributed by atoms with Gasteiger partial charge in [-0.25, -0.2) is 0 Å². The van der Waals surface area contributed by atoms with Crippen LogP contribution in [0.25, 0.3) is 0 Å². The first-order chi connectivity index (χ1) is 15.3. The Morgan fingerprint density at radius 2 is 1.59 bits per heavy atom. The summed E-state index contributed by atoms with van der Waals surface area (Å²) in [6.07, 6.45) is 0.571. The molecule has 0 saturated heterocycles. The number of para-hydroxylation sites is 2. The van der Waals surface area contributed by atoms with Gasteiger partial charge in [0.25, 0.3) is 5.91 Å². The third kappa shape index (κ3) is 4.67. The van der Waals surface area contributed by atoms with Crippen molar-refractivity contribution in [3.05, 3.63) is 95.6 Å². The van der Waals surface area contributed by atoms with E-state index in [1.165, 1.54) is 0 Å². The summed E-state index contributed by atoms with van der Waals surface area (Å²) in [6, 6.07) is 24.1. The van der Waals surface area contributed by atoms with Crippen LogP contribution in [-0.4, -0.2) is 28.8 Å². The molecule has 0 radical (unpaired) electrons. The number of nitrogens with one attached hydrogen (secondary N) is 1. The van der Waals surface area contributed by atoms with Gasteiger partial charge in [0.2, 0.25) is 5.91 Å². The summed E-state index contributed by atoms with van der Waals surface area (Å²) in [5, 5.41) is 3.04. The number of hydrogen-bond acceptors (Lipinski definition) is 3. The Labute approximate surface area is 189 Å². The molecule has 1 unspecified atom stereocenters. The Hall–Kier alpha value is -3.60. The Morgan fingerprint density at radius 1 is 0.938 bits per heavy atom. The zero-order valence-corrected chi connectivity index (χ0v) is 18.7. The summed E-state index contributed by atoms with van der Waals surface area (Å²) in [4.78, 5) is 28.0. The second-order valence-corrected chi connectivity index (χ2v) is 9.00. The van der Waals surface area contributed by atoms with Crippen LogP contribution in [0.3, 0.4) is 0 Å². The monoisotopic (exact) mass is 428 g/mol. The molecule has 3 aromatic carbocycles. The first-order valence-electron chi connectivity index (χ1n) is 10.9. The average molecular weight is 429 g/mol. The van der Waals surface area contributed by atoms with Crippen molar-refractivity contribution in [2.24, 2.45) is 0 Å². The number of benzene rings is 3. The second kappa shape index (κ2) is 8.87. The fraction of sp³-hybridized carbons (Fsp3) is 0.259. The summed E-state index contributed by atoms with van der Waals surface area (Å²) in [5.41, 5.74) is 1.94. The molecule has 3 aromatic rings. The standard InChI is InChI=1S/C27H28N2O3/c1-27(2,3)28-25(30)24-21-14-8-9-15-22(21)26(31)29(24)18-17-19-11-7-10-16-23(19)32-20-12-5-4-6-13-20/h4-16,24H,17-18H2,1-3H3,(H,28,30). The smallest absolute Gasteiger partial charge is 0.255 e. The van der Waals surface area contributed by atoms with Gasteiger partial charge in [-0.2, -0.15) is 0 Å². The molecule has 0 fully saturated rings. The van der Waals surface area contributed by atoms with E-state index < -0.39 is 6.04 Å². The van der Waals surface area contributed by atoms with E-state index in [9.17, 15) is 9.59 Å². The zero-order valence-electron chi connectivity index (χ0n) is 18.7. The van der Waals surface area contributed by atoms with E-state index >= 15 is 0 Å². The lowest BCUT2D eigenvalue weighted by Crippen LogP contribution is -2.47. The molecule has 0 saturated carbocycles. The molecule has 5 heteroatoms. The highest BCUT2D eigenvalue weighted by Crippen LogP contribution is 2.35. The van der Waals surface area contributed by atoms with Gasteiger partial charge in [-0.05, 0) is 62.6 Å². The molecule has 1 atom stereocenters. The lowest BCUT2D eigenvalue weighted by Gasteiger charge is -2.29. The largest absolute Gasteiger partial charge is 0.457 e. The van der Waals surface area contributed by atoms with Gasteiger partial charge in [-0.15, -0.1) is 0 Å². The number of fused-ring (bicyclic) bond motifs is 1. The van der Waals surface area contributed by atoms with Crippen LogP contribution in [0.4, 0.5) is 0 Å².